The van der Waals surface area contributed by atoms with Gasteiger partial charge in [-0.15, -0.1) is 0 Å². The number of aryl methyl sites for hydroxylation is 1. The molecule has 0 bridgehead atoms. The topological polar surface area (TPSA) is 91.8 Å². The Kier molecular flexibility index (Phi) is 3.72. The normalized spacial score (nSPS) is 14.8. The van der Waals surface area contributed by atoms with Crippen LogP contribution in [0.4, 0.5) is 0 Å². The molecule has 4 aromatic rings. The Labute approximate surface area is 162 Å². The lowest BCUT2D eigenvalue weighted by molar-refractivity contribution is 0.351. The lowest BCUT2D eigenvalue weighted by Crippen LogP contribution is -2.29. The number of imidazole rings is 1. The fourth-order valence-electron chi connectivity index (χ4n) is 3.91. The first-order chi connectivity index (χ1) is 13.6. The number of amidine groups is 1. The van der Waals surface area contributed by atoms with E-state index >= 15 is 0 Å². The molecule has 0 radical (unpaired) electrons. The molecule has 140 valence electrons. The number of aromatic amines is 2. The maximum Gasteiger partial charge on any atom is 0.145 e. The second-order valence-electron chi connectivity index (χ2n) is 7.31. The molecule has 2 aromatic heterocycles. The van der Waals surface area contributed by atoms with Gasteiger partial charge in [-0.25, -0.2) is 4.98 Å². The Balaban J connectivity index is 1.37. The van der Waals surface area contributed by atoms with Crippen molar-refractivity contribution in [2.75, 3.05) is 13.1 Å². The number of aliphatic hydroxyl groups excluding tert-OH is 1. The molecular weight excluding hydrogens is 350 g/mol. The SMILES string of the molecule is Cc1ccc2nc(C3=C(O)CN(CCc4c[nH]c5ccccc45)C3=N)[nH]c2c1. The number of aliphatic hydroxyl groups is 1. The molecule has 0 saturated carbocycles. The highest BCUT2D eigenvalue weighted by Gasteiger charge is 2.30. The first-order valence-electron chi connectivity index (χ1n) is 9.38. The van der Waals surface area contributed by atoms with E-state index in [-0.39, 0.29) is 5.76 Å². The summed E-state index contributed by atoms with van der Waals surface area (Å²) in [5.74, 6) is 1.06. The van der Waals surface area contributed by atoms with Crippen LogP contribution in [-0.2, 0) is 6.42 Å². The summed E-state index contributed by atoms with van der Waals surface area (Å²) in [6.07, 6.45) is 2.83. The summed E-state index contributed by atoms with van der Waals surface area (Å²) >= 11 is 0. The van der Waals surface area contributed by atoms with Crippen molar-refractivity contribution in [1.82, 2.24) is 19.9 Å². The van der Waals surface area contributed by atoms with Crippen LogP contribution in [0.3, 0.4) is 0 Å². The molecule has 0 unspecified atom stereocenters. The van der Waals surface area contributed by atoms with E-state index in [1.165, 1.54) is 10.9 Å². The van der Waals surface area contributed by atoms with Gasteiger partial charge in [0.15, 0.2) is 0 Å². The zero-order valence-corrected chi connectivity index (χ0v) is 15.6. The van der Waals surface area contributed by atoms with Crippen molar-refractivity contribution in [1.29, 1.82) is 5.41 Å². The van der Waals surface area contributed by atoms with Gasteiger partial charge in [0.05, 0.1) is 23.2 Å². The van der Waals surface area contributed by atoms with Crippen molar-refractivity contribution in [2.45, 2.75) is 13.3 Å². The molecule has 0 atom stereocenters. The number of nitrogens with zero attached hydrogens (tertiary/aromatic N) is 2. The second-order valence-corrected chi connectivity index (χ2v) is 7.31. The monoisotopic (exact) mass is 371 g/mol. The van der Waals surface area contributed by atoms with E-state index in [9.17, 15) is 5.11 Å². The Morgan fingerprint density at radius 1 is 1.18 bits per heavy atom. The first kappa shape index (κ1) is 16.6. The van der Waals surface area contributed by atoms with Gasteiger partial charge in [-0.05, 0) is 42.7 Å². The third-order valence-electron chi connectivity index (χ3n) is 5.38. The molecule has 6 nitrogen and oxygen atoms in total. The number of para-hydroxylation sites is 1. The number of benzene rings is 2. The highest BCUT2D eigenvalue weighted by Crippen LogP contribution is 2.28. The molecule has 5 rings (SSSR count). The largest absolute Gasteiger partial charge is 0.510 e. The van der Waals surface area contributed by atoms with Crippen molar-refractivity contribution >= 4 is 33.3 Å². The van der Waals surface area contributed by atoms with Crippen molar-refractivity contribution < 1.29 is 5.11 Å². The average Bonchev–Trinajstić information content (AvgIpc) is 3.35. The number of hydrogen-bond acceptors (Lipinski definition) is 3. The highest BCUT2D eigenvalue weighted by molar-refractivity contribution is 6.23. The van der Waals surface area contributed by atoms with Crippen molar-refractivity contribution in [3.63, 3.8) is 0 Å². The van der Waals surface area contributed by atoms with Gasteiger partial charge >= 0.3 is 0 Å². The van der Waals surface area contributed by atoms with E-state index in [2.05, 4.69) is 27.1 Å². The van der Waals surface area contributed by atoms with Gasteiger partial charge in [-0.2, -0.15) is 0 Å². The zero-order valence-electron chi connectivity index (χ0n) is 15.6. The van der Waals surface area contributed by atoms with Crippen LogP contribution in [-0.4, -0.2) is 43.9 Å². The third-order valence-corrected chi connectivity index (χ3v) is 5.38. The average molecular weight is 371 g/mol. The van der Waals surface area contributed by atoms with E-state index in [0.29, 0.717) is 30.3 Å². The van der Waals surface area contributed by atoms with Crippen LogP contribution >= 0.6 is 0 Å². The minimum absolute atomic E-state index is 0.194. The van der Waals surface area contributed by atoms with Crippen LogP contribution in [0, 0.1) is 12.3 Å². The standard InChI is InChI=1S/C22H21N5O/c1-13-6-7-17-18(10-13)26-22(25-17)20-19(28)12-27(21(20)23)9-8-14-11-24-16-5-3-2-4-15(14)16/h2-7,10-11,23-24,28H,8-9,12H2,1H3,(H,25,26). The van der Waals surface area contributed by atoms with Gasteiger partial charge in [0.1, 0.15) is 17.4 Å². The molecule has 0 spiro atoms. The van der Waals surface area contributed by atoms with Crippen LogP contribution in [0.5, 0.6) is 0 Å². The van der Waals surface area contributed by atoms with Crippen LogP contribution < -0.4 is 0 Å². The Morgan fingerprint density at radius 2 is 2.04 bits per heavy atom. The Hall–Kier alpha value is -3.54. The summed E-state index contributed by atoms with van der Waals surface area (Å²) < 4.78 is 0. The quantitative estimate of drug-likeness (QED) is 0.434. The number of rotatable bonds is 4. The predicted molar refractivity (Wildman–Crippen MR) is 112 cm³/mol. The fourth-order valence-corrected chi connectivity index (χ4v) is 3.91. The number of aromatic nitrogens is 3. The maximum atomic E-state index is 10.5. The van der Waals surface area contributed by atoms with Crippen molar-refractivity contribution in [3.05, 3.63) is 71.4 Å². The minimum atomic E-state index is 0.194. The molecule has 28 heavy (non-hydrogen) atoms. The molecule has 4 N–H and O–H groups in total. The minimum Gasteiger partial charge on any atom is -0.510 e. The lowest BCUT2D eigenvalue weighted by Gasteiger charge is -2.18. The Morgan fingerprint density at radius 3 is 2.93 bits per heavy atom. The van der Waals surface area contributed by atoms with Crippen molar-refractivity contribution in [2.24, 2.45) is 0 Å². The molecule has 1 aliphatic rings. The number of fused-ring (bicyclic) bond motifs is 2. The van der Waals surface area contributed by atoms with E-state index < -0.39 is 0 Å². The van der Waals surface area contributed by atoms with Crippen molar-refractivity contribution in [3.8, 4) is 0 Å². The summed E-state index contributed by atoms with van der Waals surface area (Å²) in [6, 6.07) is 14.2. The zero-order chi connectivity index (χ0) is 19.3. The summed E-state index contributed by atoms with van der Waals surface area (Å²) in [4.78, 5) is 13.0. The molecule has 6 heteroatoms. The lowest BCUT2D eigenvalue weighted by atomic mass is 10.1. The second kappa shape index (κ2) is 6.27. The van der Waals surface area contributed by atoms with E-state index in [0.717, 1.165) is 28.5 Å². The van der Waals surface area contributed by atoms with E-state index in [1.807, 2.05) is 48.4 Å². The summed E-state index contributed by atoms with van der Waals surface area (Å²) in [5, 5.41) is 20.3. The Bertz CT molecular complexity index is 1250. The summed E-state index contributed by atoms with van der Waals surface area (Å²) in [6.45, 7) is 3.03. The first-order valence-corrected chi connectivity index (χ1v) is 9.38. The molecule has 2 aromatic carbocycles. The van der Waals surface area contributed by atoms with E-state index in [1.54, 1.807) is 0 Å². The molecular formula is C22H21N5O. The maximum absolute atomic E-state index is 10.5. The predicted octanol–water partition coefficient (Wildman–Crippen LogP) is 4.16. The van der Waals surface area contributed by atoms with Gasteiger partial charge in [0.25, 0.3) is 0 Å². The highest BCUT2D eigenvalue weighted by atomic mass is 16.3. The van der Waals surface area contributed by atoms with Gasteiger partial charge in [-0.3, -0.25) is 5.41 Å². The molecule has 0 amide bonds. The molecule has 1 aliphatic heterocycles. The molecule has 0 aliphatic carbocycles. The summed E-state index contributed by atoms with van der Waals surface area (Å²) in [5.41, 5.74) is 5.73. The molecule has 0 fully saturated rings. The van der Waals surface area contributed by atoms with E-state index in [4.69, 9.17) is 5.41 Å². The van der Waals surface area contributed by atoms with Gasteiger partial charge in [0.2, 0.25) is 0 Å². The molecule has 0 saturated heterocycles. The number of H-pyrrole nitrogens is 2. The number of nitrogens with one attached hydrogen (secondary N) is 3. The summed E-state index contributed by atoms with van der Waals surface area (Å²) in [7, 11) is 0. The smallest absolute Gasteiger partial charge is 0.145 e. The van der Waals surface area contributed by atoms with Gasteiger partial charge in [-0.1, -0.05) is 24.3 Å². The van der Waals surface area contributed by atoms with Gasteiger partial charge in [0, 0.05) is 23.6 Å². The molecule has 3 heterocycles. The van der Waals surface area contributed by atoms with Crippen LogP contribution in [0.2, 0.25) is 0 Å². The van der Waals surface area contributed by atoms with Crippen LogP contribution in [0.1, 0.15) is 17.0 Å². The van der Waals surface area contributed by atoms with Crippen LogP contribution in [0.15, 0.2) is 54.4 Å². The van der Waals surface area contributed by atoms with Crippen LogP contribution in [0.25, 0.3) is 27.5 Å². The fraction of sp³-hybridized carbons (Fsp3) is 0.182. The number of hydrogen-bond donors (Lipinski definition) is 4. The third kappa shape index (κ3) is 2.65. The van der Waals surface area contributed by atoms with Gasteiger partial charge < -0.3 is 20.0 Å².